The van der Waals surface area contributed by atoms with E-state index in [2.05, 4.69) is 5.43 Å². The van der Waals surface area contributed by atoms with Gasteiger partial charge in [-0.3, -0.25) is 15.0 Å². The average Bonchev–Trinajstić information content (AvgIpc) is 2.45. The Bertz CT molecular complexity index is 677. The van der Waals surface area contributed by atoms with Gasteiger partial charge in [0.25, 0.3) is 11.8 Å². The van der Waals surface area contributed by atoms with E-state index >= 15 is 0 Å². The first kappa shape index (κ1) is 12.4. The van der Waals surface area contributed by atoms with Crippen molar-refractivity contribution in [2.24, 2.45) is 0 Å². The number of hydrazine groups is 1. The lowest BCUT2D eigenvalue weighted by Gasteiger charge is -2.27. The van der Waals surface area contributed by atoms with Crippen molar-refractivity contribution in [3.8, 4) is 0 Å². The number of benzene rings is 2. The maximum Gasteiger partial charge on any atom is 0.279 e. The molecule has 0 atom stereocenters. The van der Waals surface area contributed by atoms with Crippen molar-refractivity contribution in [3.63, 3.8) is 0 Å². The Kier molecular flexibility index (Phi) is 2.99. The summed E-state index contributed by atoms with van der Waals surface area (Å²) in [7, 11) is 0. The van der Waals surface area contributed by atoms with Crippen molar-refractivity contribution in [2.75, 3.05) is 5.43 Å². The molecule has 0 saturated heterocycles. The SMILES string of the molecule is Cc1ccc(NN2C(=O)Cc3ccccc3C2=O)cc1. The fourth-order valence-electron chi connectivity index (χ4n) is 2.23. The standard InChI is InChI=1S/C16H14N2O2/c1-11-6-8-13(9-7-11)17-18-15(19)10-12-4-2-3-5-14(12)16(18)20/h2-9,17H,10H2,1H3. The lowest BCUT2D eigenvalue weighted by molar-refractivity contribution is -0.127. The molecule has 4 nitrogen and oxygen atoms in total. The van der Waals surface area contributed by atoms with Crippen LogP contribution in [-0.2, 0) is 11.2 Å². The molecule has 0 fully saturated rings. The first-order chi connectivity index (χ1) is 9.65. The number of nitrogens with zero attached hydrogens (tertiary/aromatic N) is 1. The van der Waals surface area contributed by atoms with Gasteiger partial charge in [0.2, 0.25) is 0 Å². The van der Waals surface area contributed by atoms with Crippen molar-refractivity contribution in [3.05, 3.63) is 65.2 Å². The minimum atomic E-state index is -0.308. The van der Waals surface area contributed by atoms with Crippen LogP contribution in [0.25, 0.3) is 0 Å². The number of hydrogen-bond donors (Lipinski definition) is 1. The second-order valence-electron chi connectivity index (χ2n) is 4.85. The molecule has 20 heavy (non-hydrogen) atoms. The third-order valence-corrected chi connectivity index (χ3v) is 3.33. The molecule has 100 valence electrons. The average molecular weight is 266 g/mol. The van der Waals surface area contributed by atoms with Crippen LogP contribution in [0.4, 0.5) is 5.69 Å². The zero-order valence-corrected chi connectivity index (χ0v) is 11.1. The van der Waals surface area contributed by atoms with E-state index in [4.69, 9.17) is 0 Å². The molecule has 2 amide bonds. The number of nitrogens with one attached hydrogen (secondary N) is 1. The molecular weight excluding hydrogens is 252 g/mol. The number of aryl methyl sites for hydroxylation is 1. The number of carbonyl (C=O) groups is 2. The molecule has 0 aromatic heterocycles. The summed E-state index contributed by atoms with van der Waals surface area (Å²) in [5.74, 6) is -0.549. The minimum absolute atomic E-state index is 0.237. The molecular formula is C16H14N2O2. The van der Waals surface area contributed by atoms with E-state index in [1.165, 1.54) is 0 Å². The monoisotopic (exact) mass is 266 g/mol. The normalized spacial score (nSPS) is 14.2. The molecule has 0 unspecified atom stereocenters. The van der Waals surface area contributed by atoms with Crippen molar-refractivity contribution < 1.29 is 9.59 Å². The molecule has 0 aliphatic carbocycles. The molecule has 0 bridgehead atoms. The van der Waals surface area contributed by atoms with Crippen LogP contribution in [-0.4, -0.2) is 16.8 Å². The van der Waals surface area contributed by atoms with Gasteiger partial charge in [-0.15, -0.1) is 0 Å². The topological polar surface area (TPSA) is 49.4 Å². The molecule has 2 aromatic carbocycles. The third kappa shape index (κ3) is 2.16. The number of carbonyl (C=O) groups excluding carboxylic acids is 2. The smallest absolute Gasteiger partial charge is 0.279 e. The number of imide groups is 1. The van der Waals surface area contributed by atoms with Crippen molar-refractivity contribution >= 4 is 17.5 Å². The maximum absolute atomic E-state index is 12.3. The minimum Gasteiger partial charge on any atom is -0.289 e. The van der Waals surface area contributed by atoms with Gasteiger partial charge in [0.05, 0.1) is 12.1 Å². The molecule has 2 aromatic rings. The van der Waals surface area contributed by atoms with Gasteiger partial charge in [-0.25, -0.2) is 0 Å². The summed E-state index contributed by atoms with van der Waals surface area (Å²) in [5, 5.41) is 1.09. The van der Waals surface area contributed by atoms with Gasteiger partial charge < -0.3 is 0 Å². The van der Waals surface area contributed by atoms with Gasteiger partial charge in [0.15, 0.2) is 0 Å². The Morgan fingerprint density at radius 3 is 2.45 bits per heavy atom. The Hall–Kier alpha value is -2.62. The van der Waals surface area contributed by atoms with Gasteiger partial charge in [-0.05, 0) is 30.7 Å². The molecule has 1 heterocycles. The molecule has 0 saturated carbocycles. The second kappa shape index (κ2) is 4.81. The highest BCUT2D eigenvalue weighted by atomic mass is 16.2. The predicted octanol–water partition coefficient (Wildman–Crippen LogP) is 2.55. The van der Waals surface area contributed by atoms with E-state index in [1.54, 1.807) is 12.1 Å². The largest absolute Gasteiger partial charge is 0.289 e. The molecule has 1 aliphatic rings. The second-order valence-corrected chi connectivity index (χ2v) is 4.85. The molecule has 1 N–H and O–H groups in total. The van der Waals surface area contributed by atoms with Crippen molar-refractivity contribution in [2.45, 2.75) is 13.3 Å². The molecule has 3 rings (SSSR count). The van der Waals surface area contributed by atoms with E-state index in [9.17, 15) is 9.59 Å². The van der Waals surface area contributed by atoms with Gasteiger partial charge in [-0.2, -0.15) is 5.01 Å². The zero-order valence-electron chi connectivity index (χ0n) is 11.1. The summed E-state index contributed by atoms with van der Waals surface area (Å²) in [5.41, 5.74) is 6.08. The third-order valence-electron chi connectivity index (χ3n) is 3.33. The highest BCUT2D eigenvalue weighted by molar-refractivity contribution is 6.10. The summed E-state index contributed by atoms with van der Waals surface area (Å²) in [6.45, 7) is 1.98. The van der Waals surface area contributed by atoms with Gasteiger partial charge in [0.1, 0.15) is 0 Å². The summed E-state index contributed by atoms with van der Waals surface area (Å²) in [4.78, 5) is 24.4. The highest BCUT2D eigenvalue weighted by Crippen LogP contribution is 2.20. The molecule has 1 aliphatic heterocycles. The van der Waals surface area contributed by atoms with E-state index in [1.807, 2.05) is 43.3 Å². The van der Waals surface area contributed by atoms with E-state index < -0.39 is 0 Å². The zero-order chi connectivity index (χ0) is 14.1. The van der Waals surface area contributed by atoms with Crippen LogP contribution in [0.1, 0.15) is 21.5 Å². The van der Waals surface area contributed by atoms with Crippen molar-refractivity contribution in [1.82, 2.24) is 5.01 Å². The number of anilines is 1. The lowest BCUT2D eigenvalue weighted by Crippen LogP contribution is -2.45. The van der Waals surface area contributed by atoms with Crippen LogP contribution < -0.4 is 5.43 Å². The van der Waals surface area contributed by atoms with Crippen molar-refractivity contribution in [1.29, 1.82) is 0 Å². The van der Waals surface area contributed by atoms with E-state index in [-0.39, 0.29) is 18.2 Å². The van der Waals surface area contributed by atoms with Gasteiger partial charge in [-0.1, -0.05) is 35.9 Å². The van der Waals surface area contributed by atoms with E-state index in [0.29, 0.717) is 5.56 Å². The summed E-state index contributed by atoms with van der Waals surface area (Å²) < 4.78 is 0. The quantitative estimate of drug-likeness (QED) is 0.850. The molecule has 4 heteroatoms. The first-order valence-electron chi connectivity index (χ1n) is 6.43. The predicted molar refractivity (Wildman–Crippen MR) is 76.1 cm³/mol. The Morgan fingerprint density at radius 2 is 1.70 bits per heavy atom. The first-order valence-corrected chi connectivity index (χ1v) is 6.43. The van der Waals surface area contributed by atoms with Crippen LogP contribution in [0.2, 0.25) is 0 Å². The molecule has 0 spiro atoms. The van der Waals surface area contributed by atoms with Crippen LogP contribution >= 0.6 is 0 Å². The van der Waals surface area contributed by atoms with Crippen LogP contribution in [0.15, 0.2) is 48.5 Å². The van der Waals surface area contributed by atoms with E-state index in [0.717, 1.165) is 21.8 Å². The fourth-order valence-corrected chi connectivity index (χ4v) is 2.23. The Morgan fingerprint density at radius 1 is 1.00 bits per heavy atom. The number of rotatable bonds is 2. The fraction of sp³-hybridized carbons (Fsp3) is 0.125. The number of amides is 2. The molecule has 0 radical (unpaired) electrons. The summed E-state index contributed by atoms with van der Waals surface area (Å²) in [6, 6.07) is 14.7. The lowest BCUT2D eigenvalue weighted by atomic mass is 10.00. The van der Waals surface area contributed by atoms with Crippen LogP contribution in [0, 0.1) is 6.92 Å². The van der Waals surface area contributed by atoms with Crippen LogP contribution in [0.5, 0.6) is 0 Å². The van der Waals surface area contributed by atoms with Crippen LogP contribution in [0.3, 0.4) is 0 Å². The van der Waals surface area contributed by atoms with Gasteiger partial charge >= 0.3 is 0 Å². The highest BCUT2D eigenvalue weighted by Gasteiger charge is 2.30. The summed E-state index contributed by atoms with van der Waals surface area (Å²) in [6.07, 6.45) is 0.237. The number of hydrogen-bond acceptors (Lipinski definition) is 3. The Labute approximate surface area is 117 Å². The summed E-state index contributed by atoms with van der Waals surface area (Å²) >= 11 is 0. The number of fused-ring (bicyclic) bond motifs is 1. The maximum atomic E-state index is 12.3. The Balaban J connectivity index is 1.89. The van der Waals surface area contributed by atoms with Gasteiger partial charge in [0, 0.05) is 5.56 Å².